The summed E-state index contributed by atoms with van der Waals surface area (Å²) < 4.78 is 28.9. The zero-order valence-electron chi connectivity index (χ0n) is 23.5. The molecule has 43 heavy (non-hydrogen) atoms. The van der Waals surface area contributed by atoms with Gasteiger partial charge < -0.3 is 10.2 Å². The molecule has 0 atom stereocenters. The summed E-state index contributed by atoms with van der Waals surface area (Å²) in [5, 5.41) is 9.97. The number of benzene rings is 2. The summed E-state index contributed by atoms with van der Waals surface area (Å²) in [6.45, 7) is 5.61. The van der Waals surface area contributed by atoms with E-state index in [4.69, 9.17) is 0 Å². The summed E-state index contributed by atoms with van der Waals surface area (Å²) in [6, 6.07) is 10.5. The number of para-hydroxylation sites is 1. The van der Waals surface area contributed by atoms with Crippen LogP contribution in [0.4, 0.5) is 20.2 Å². The minimum absolute atomic E-state index is 0.123. The van der Waals surface area contributed by atoms with Gasteiger partial charge in [0, 0.05) is 29.1 Å². The Hall–Kier alpha value is -4.70. The van der Waals surface area contributed by atoms with Gasteiger partial charge in [-0.25, -0.2) is 8.78 Å². The summed E-state index contributed by atoms with van der Waals surface area (Å²) in [4.78, 5) is 33.4. The van der Waals surface area contributed by atoms with Crippen molar-refractivity contribution in [2.24, 2.45) is 4.99 Å². The molecule has 0 radical (unpaired) electrons. The first-order valence-electron chi connectivity index (χ1n) is 14.0. The number of halogens is 2. The monoisotopic (exact) mass is 597 g/mol. The number of aryl methyl sites for hydroxylation is 1. The van der Waals surface area contributed by atoms with E-state index in [0.717, 1.165) is 29.7 Å². The van der Waals surface area contributed by atoms with Crippen LogP contribution in [-0.4, -0.2) is 35.3 Å². The molecule has 0 spiro atoms. The number of aromatic nitrogens is 2. The Labute approximate surface area is 251 Å². The van der Waals surface area contributed by atoms with Gasteiger partial charge >= 0.3 is 0 Å². The van der Waals surface area contributed by atoms with E-state index in [9.17, 15) is 18.4 Å². The fraction of sp³-hybridized carbons (Fsp3) is 0.212. The minimum Gasteiger partial charge on any atom is -0.319 e. The van der Waals surface area contributed by atoms with Gasteiger partial charge in [-0.15, -0.1) is 11.3 Å². The number of anilines is 2. The molecule has 2 N–H and O–H groups in total. The average Bonchev–Trinajstić information content (AvgIpc) is 3.61. The Morgan fingerprint density at radius 3 is 2.84 bits per heavy atom. The number of carbonyl (C=O) groups excluding carboxylic acids is 2. The summed E-state index contributed by atoms with van der Waals surface area (Å²) in [5.41, 5.74) is 4.94. The van der Waals surface area contributed by atoms with Crippen LogP contribution in [0, 0.1) is 18.6 Å². The van der Waals surface area contributed by atoms with Crippen LogP contribution in [0.1, 0.15) is 50.8 Å². The lowest BCUT2D eigenvalue weighted by atomic mass is 10.1. The highest BCUT2D eigenvalue weighted by Gasteiger charge is 2.30. The molecule has 1 saturated carbocycles. The molecule has 0 unspecified atom stereocenters. The third-order valence-electron chi connectivity index (χ3n) is 7.67. The van der Waals surface area contributed by atoms with Crippen molar-refractivity contribution < 1.29 is 18.4 Å². The molecule has 1 aliphatic heterocycles. The fourth-order valence-electron chi connectivity index (χ4n) is 5.29. The maximum Gasteiger partial charge on any atom is 0.276 e. The molecule has 2 aromatic carbocycles. The number of hydrogen-bond donors (Lipinski definition) is 2. The first-order chi connectivity index (χ1) is 20.8. The Balaban J connectivity index is 1.25. The molecule has 10 heteroatoms. The highest BCUT2D eigenvalue weighted by molar-refractivity contribution is 7.17. The van der Waals surface area contributed by atoms with E-state index in [2.05, 4.69) is 27.2 Å². The molecule has 3 heterocycles. The molecule has 1 aliphatic carbocycles. The van der Waals surface area contributed by atoms with Crippen LogP contribution in [0.2, 0.25) is 0 Å². The largest absolute Gasteiger partial charge is 0.319 e. The molecule has 6 rings (SSSR count). The van der Waals surface area contributed by atoms with Crippen molar-refractivity contribution in [3.05, 3.63) is 111 Å². The van der Waals surface area contributed by atoms with E-state index in [1.807, 2.05) is 12.3 Å². The molecule has 2 aliphatic rings. The van der Waals surface area contributed by atoms with Crippen molar-refractivity contribution in [2.75, 3.05) is 16.8 Å². The number of thiophene rings is 1. The molecular formula is C33H29F2N5O2S. The number of nitrogens with zero attached hydrogens (tertiary/aromatic N) is 3. The van der Waals surface area contributed by atoms with Crippen molar-refractivity contribution in [1.29, 1.82) is 0 Å². The Bertz CT molecular complexity index is 1780. The number of H-pyrrole nitrogens is 1. The number of allylic oxidation sites excluding steroid dienone is 3. The number of nitrogens with one attached hydrogen (secondary N) is 2. The second-order valence-electron chi connectivity index (χ2n) is 10.6. The molecule has 2 amide bonds. The zero-order chi connectivity index (χ0) is 30.1. The molecule has 1 fully saturated rings. The van der Waals surface area contributed by atoms with Gasteiger partial charge in [0.1, 0.15) is 17.3 Å². The number of aliphatic imine (C=N–C) groups is 1. The normalized spacial score (nSPS) is 14.8. The second kappa shape index (κ2) is 11.9. The van der Waals surface area contributed by atoms with Crippen molar-refractivity contribution >= 4 is 41.2 Å². The first-order valence-corrected chi connectivity index (χ1v) is 14.8. The first kappa shape index (κ1) is 28.4. The third-order valence-corrected chi connectivity index (χ3v) is 8.88. The topological polar surface area (TPSA) is 90.5 Å². The minimum atomic E-state index is -0.521. The quantitative estimate of drug-likeness (QED) is 0.129. The lowest BCUT2D eigenvalue weighted by Crippen LogP contribution is -2.33. The summed E-state index contributed by atoms with van der Waals surface area (Å²) in [7, 11) is 0. The van der Waals surface area contributed by atoms with Gasteiger partial charge in [0.25, 0.3) is 11.8 Å². The van der Waals surface area contributed by atoms with Crippen LogP contribution in [0.5, 0.6) is 0 Å². The SMILES string of the molecule is C=N/C(=C\C=C/Cc1c[nH]nc1C1CC1)C(=O)N1CCc2cc(C(=O)Nc3c(C)cccc3F)sc2-c2cc(F)ccc21. The van der Waals surface area contributed by atoms with Gasteiger partial charge in [-0.1, -0.05) is 24.3 Å². The maximum atomic E-state index is 14.5. The standard InChI is InChI=1S/C33H29F2N5O2S/c1-19-6-5-8-25(35)29(19)38-32(41)28-16-21-14-15-40(27-13-12-23(34)17-24(27)31(21)43-28)33(42)26(36-2)9-4-3-7-22-18-37-39-30(22)20-10-11-20/h3-6,8-9,12-13,16-18,20H,2,7,10-11,14-15H2,1H3,(H,37,39)(H,38,41)/b4-3-,26-9-. The molecule has 218 valence electrons. The number of amides is 2. The van der Waals surface area contributed by atoms with Crippen LogP contribution < -0.4 is 10.2 Å². The van der Waals surface area contributed by atoms with Gasteiger partial charge in [-0.05, 0) is 92.4 Å². The summed E-state index contributed by atoms with van der Waals surface area (Å²) in [6.07, 6.45) is 10.7. The van der Waals surface area contributed by atoms with Crippen molar-refractivity contribution in [2.45, 2.75) is 38.5 Å². The van der Waals surface area contributed by atoms with Crippen LogP contribution in [0.3, 0.4) is 0 Å². The molecule has 7 nitrogen and oxygen atoms in total. The number of rotatable bonds is 8. The molecule has 0 bridgehead atoms. The van der Waals surface area contributed by atoms with Crippen LogP contribution in [0.25, 0.3) is 10.4 Å². The lowest BCUT2D eigenvalue weighted by molar-refractivity contribution is -0.115. The Kier molecular flexibility index (Phi) is 7.86. The van der Waals surface area contributed by atoms with Crippen molar-refractivity contribution in [1.82, 2.24) is 10.2 Å². The van der Waals surface area contributed by atoms with E-state index in [0.29, 0.717) is 45.3 Å². The van der Waals surface area contributed by atoms with Crippen LogP contribution in [0.15, 0.2) is 77.6 Å². The highest BCUT2D eigenvalue weighted by atomic mass is 32.1. The fourth-order valence-corrected chi connectivity index (χ4v) is 6.42. The number of aromatic amines is 1. The predicted octanol–water partition coefficient (Wildman–Crippen LogP) is 7.13. The molecule has 0 saturated heterocycles. The smallest absolute Gasteiger partial charge is 0.276 e. The Morgan fingerprint density at radius 1 is 1.23 bits per heavy atom. The molecular weight excluding hydrogens is 568 g/mol. The highest BCUT2D eigenvalue weighted by Crippen LogP contribution is 2.43. The van der Waals surface area contributed by atoms with Gasteiger partial charge in [0.2, 0.25) is 0 Å². The number of fused-ring (bicyclic) bond motifs is 3. The van der Waals surface area contributed by atoms with E-state index in [-0.39, 0.29) is 23.8 Å². The van der Waals surface area contributed by atoms with E-state index in [1.54, 1.807) is 48.2 Å². The third kappa shape index (κ3) is 5.83. The lowest BCUT2D eigenvalue weighted by Gasteiger charge is -2.23. The summed E-state index contributed by atoms with van der Waals surface area (Å²) >= 11 is 1.18. The number of carbonyl (C=O) groups is 2. The Morgan fingerprint density at radius 2 is 2.07 bits per heavy atom. The van der Waals surface area contributed by atoms with Gasteiger partial charge in [0.05, 0.1) is 21.9 Å². The van der Waals surface area contributed by atoms with Crippen LogP contribution in [-0.2, 0) is 17.6 Å². The van der Waals surface area contributed by atoms with Gasteiger partial charge in [-0.3, -0.25) is 19.7 Å². The van der Waals surface area contributed by atoms with Crippen molar-refractivity contribution in [3.8, 4) is 10.4 Å². The maximum absolute atomic E-state index is 14.5. The molecule has 4 aromatic rings. The summed E-state index contributed by atoms with van der Waals surface area (Å²) in [5.74, 6) is -1.27. The molecule has 2 aromatic heterocycles. The van der Waals surface area contributed by atoms with E-state index >= 15 is 0 Å². The second-order valence-corrected chi connectivity index (χ2v) is 11.7. The van der Waals surface area contributed by atoms with Crippen molar-refractivity contribution in [3.63, 3.8) is 0 Å². The van der Waals surface area contributed by atoms with Crippen LogP contribution >= 0.6 is 11.3 Å². The predicted molar refractivity (Wildman–Crippen MR) is 166 cm³/mol. The zero-order valence-corrected chi connectivity index (χ0v) is 24.3. The van der Waals surface area contributed by atoms with E-state index in [1.165, 1.54) is 29.5 Å². The average molecular weight is 598 g/mol. The van der Waals surface area contributed by atoms with E-state index < -0.39 is 17.5 Å². The van der Waals surface area contributed by atoms with Gasteiger partial charge in [-0.2, -0.15) is 5.10 Å². The van der Waals surface area contributed by atoms with Gasteiger partial charge in [0.15, 0.2) is 0 Å². The number of hydrogen-bond acceptors (Lipinski definition) is 5.